The molecule has 11 aromatic carbocycles. The fraction of sp³-hybridized carbons (Fsp3) is 0. The lowest BCUT2D eigenvalue weighted by atomic mass is 9.98. The SMILES string of the molecule is c1ccc(N(c2ccc(-c3ccc(-c4ccc(N(c5ccccc5)c5ccc(-c6cccc7ccccc67)cc5)cc4)cc3)cc2)c2ccc(-c3cccc4ccccc34)cc2)cc1. The first-order valence-electron chi connectivity index (χ1n) is 21.9. The van der Waals surface area contributed by atoms with Crippen LogP contribution < -0.4 is 9.80 Å². The molecule has 0 saturated carbocycles. The smallest absolute Gasteiger partial charge is 0.0462 e. The summed E-state index contributed by atoms with van der Waals surface area (Å²) in [5.41, 5.74) is 16.3. The van der Waals surface area contributed by atoms with Crippen molar-refractivity contribution in [3.8, 4) is 44.5 Å². The van der Waals surface area contributed by atoms with E-state index in [4.69, 9.17) is 0 Å². The molecule has 0 bridgehead atoms. The van der Waals surface area contributed by atoms with Gasteiger partial charge < -0.3 is 9.80 Å². The molecule has 0 aromatic heterocycles. The summed E-state index contributed by atoms with van der Waals surface area (Å²) in [5, 5.41) is 5.03. The molecule has 2 nitrogen and oxygen atoms in total. The van der Waals surface area contributed by atoms with Gasteiger partial charge in [0.2, 0.25) is 0 Å². The van der Waals surface area contributed by atoms with Crippen LogP contribution in [0.2, 0.25) is 0 Å². The molecule has 64 heavy (non-hydrogen) atoms. The average molecular weight is 817 g/mol. The molecule has 0 saturated heterocycles. The lowest BCUT2D eigenvalue weighted by Gasteiger charge is -2.26. The van der Waals surface area contributed by atoms with Gasteiger partial charge in [-0.25, -0.2) is 0 Å². The van der Waals surface area contributed by atoms with Crippen molar-refractivity contribution in [3.05, 3.63) is 267 Å². The van der Waals surface area contributed by atoms with E-state index in [0.29, 0.717) is 0 Å². The van der Waals surface area contributed by atoms with E-state index in [-0.39, 0.29) is 0 Å². The maximum Gasteiger partial charge on any atom is 0.0462 e. The minimum absolute atomic E-state index is 1.11. The molecule has 0 atom stereocenters. The Hall–Kier alpha value is -8.46. The van der Waals surface area contributed by atoms with Crippen LogP contribution in [0.25, 0.3) is 66.1 Å². The van der Waals surface area contributed by atoms with Crippen LogP contribution in [0.4, 0.5) is 34.1 Å². The number of hydrogen-bond donors (Lipinski definition) is 0. The summed E-state index contributed by atoms with van der Waals surface area (Å²) >= 11 is 0. The van der Waals surface area contributed by atoms with E-state index in [1.165, 1.54) is 66.1 Å². The van der Waals surface area contributed by atoms with Crippen LogP contribution in [-0.2, 0) is 0 Å². The third-order valence-corrected chi connectivity index (χ3v) is 12.3. The molecule has 0 radical (unpaired) electrons. The summed E-state index contributed by atoms with van der Waals surface area (Å²) in [6.07, 6.45) is 0. The molecule has 302 valence electrons. The minimum atomic E-state index is 1.11. The maximum absolute atomic E-state index is 2.32. The van der Waals surface area contributed by atoms with Gasteiger partial charge in [-0.1, -0.05) is 194 Å². The number of benzene rings is 11. The number of rotatable bonds is 10. The molecule has 0 unspecified atom stereocenters. The number of nitrogens with zero attached hydrogens (tertiary/aromatic N) is 2. The fourth-order valence-electron chi connectivity index (χ4n) is 9.04. The molecule has 0 spiro atoms. The lowest BCUT2D eigenvalue weighted by Crippen LogP contribution is -2.09. The van der Waals surface area contributed by atoms with Gasteiger partial charge in [0, 0.05) is 34.1 Å². The molecule has 0 heterocycles. The Labute approximate surface area is 375 Å². The van der Waals surface area contributed by atoms with Gasteiger partial charge in [0.05, 0.1) is 0 Å². The zero-order valence-electron chi connectivity index (χ0n) is 35.3. The Bertz CT molecular complexity index is 3080. The Balaban J connectivity index is 0.834. The molecule has 0 amide bonds. The van der Waals surface area contributed by atoms with Crippen LogP contribution >= 0.6 is 0 Å². The van der Waals surface area contributed by atoms with Gasteiger partial charge in [-0.3, -0.25) is 0 Å². The van der Waals surface area contributed by atoms with Crippen molar-refractivity contribution in [3.63, 3.8) is 0 Å². The third kappa shape index (κ3) is 7.59. The molecular formula is C62H44N2. The molecule has 0 N–H and O–H groups in total. The molecule has 11 aromatic rings. The highest BCUT2D eigenvalue weighted by Gasteiger charge is 2.16. The van der Waals surface area contributed by atoms with E-state index in [2.05, 4.69) is 277 Å². The summed E-state index contributed by atoms with van der Waals surface area (Å²) in [4.78, 5) is 4.65. The summed E-state index contributed by atoms with van der Waals surface area (Å²) in [6, 6.07) is 96.0. The van der Waals surface area contributed by atoms with E-state index in [1.54, 1.807) is 0 Å². The van der Waals surface area contributed by atoms with Crippen LogP contribution in [0.15, 0.2) is 267 Å². The van der Waals surface area contributed by atoms with E-state index >= 15 is 0 Å². The normalized spacial score (nSPS) is 11.1. The predicted molar refractivity (Wildman–Crippen MR) is 273 cm³/mol. The van der Waals surface area contributed by atoms with Crippen molar-refractivity contribution < 1.29 is 0 Å². The summed E-state index contributed by atoms with van der Waals surface area (Å²) in [6.45, 7) is 0. The van der Waals surface area contributed by atoms with Crippen molar-refractivity contribution in [1.29, 1.82) is 0 Å². The van der Waals surface area contributed by atoms with Gasteiger partial charge in [-0.05, 0) is 139 Å². The third-order valence-electron chi connectivity index (χ3n) is 12.3. The van der Waals surface area contributed by atoms with Gasteiger partial charge in [0.1, 0.15) is 0 Å². The van der Waals surface area contributed by atoms with E-state index in [0.717, 1.165) is 34.1 Å². The van der Waals surface area contributed by atoms with E-state index < -0.39 is 0 Å². The van der Waals surface area contributed by atoms with E-state index in [1.807, 2.05) is 0 Å². The largest absolute Gasteiger partial charge is 0.311 e. The van der Waals surface area contributed by atoms with Crippen LogP contribution in [-0.4, -0.2) is 0 Å². The van der Waals surface area contributed by atoms with Gasteiger partial charge >= 0.3 is 0 Å². The molecule has 0 aliphatic carbocycles. The van der Waals surface area contributed by atoms with Gasteiger partial charge in [0.15, 0.2) is 0 Å². The Kier molecular flexibility index (Phi) is 10.3. The molecule has 11 rings (SSSR count). The maximum atomic E-state index is 2.32. The van der Waals surface area contributed by atoms with Crippen LogP contribution in [0.1, 0.15) is 0 Å². The number of anilines is 6. The summed E-state index contributed by atoms with van der Waals surface area (Å²) in [5.74, 6) is 0. The molecule has 0 aliphatic heterocycles. The van der Waals surface area contributed by atoms with Crippen LogP contribution in [0, 0.1) is 0 Å². The quantitative estimate of drug-likeness (QED) is 0.136. The number of para-hydroxylation sites is 2. The minimum Gasteiger partial charge on any atom is -0.311 e. The Morgan fingerprint density at radius 1 is 0.172 bits per heavy atom. The van der Waals surface area contributed by atoms with Crippen molar-refractivity contribution in [2.45, 2.75) is 0 Å². The highest BCUT2D eigenvalue weighted by Crippen LogP contribution is 2.40. The van der Waals surface area contributed by atoms with Crippen molar-refractivity contribution in [1.82, 2.24) is 0 Å². The second-order valence-corrected chi connectivity index (χ2v) is 16.2. The average Bonchev–Trinajstić information content (AvgIpc) is 3.38. The van der Waals surface area contributed by atoms with Gasteiger partial charge in [0.25, 0.3) is 0 Å². The molecular weight excluding hydrogens is 773 g/mol. The number of fused-ring (bicyclic) bond motifs is 2. The van der Waals surface area contributed by atoms with Crippen molar-refractivity contribution >= 4 is 55.7 Å². The molecule has 2 heteroatoms. The first-order valence-corrected chi connectivity index (χ1v) is 21.9. The predicted octanol–water partition coefficient (Wildman–Crippen LogP) is 17.6. The van der Waals surface area contributed by atoms with Crippen molar-refractivity contribution in [2.75, 3.05) is 9.80 Å². The van der Waals surface area contributed by atoms with Gasteiger partial charge in [-0.15, -0.1) is 0 Å². The van der Waals surface area contributed by atoms with Gasteiger partial charge in [-0.2, -0.15) is 0 Å². The van der Waals surface area contributed by atoms with Crippen molar-refractivity contribution in [2.24, 2.45) is 0 Å². The Morgan fingerprint density at radius 2 is 0.422 bits per heavy atom. The zero-order valence-corrected chi connectivity index (χ0v) is 35.3. The second kappa shape index (κ2) is 17.1. The monoisotopic (exact) mass is 816 g/mol. The highest BCUT2D eigenvalue weighted by atomic mass is 15.1. The second-order valence-electron chi connectivity index (χ2n) is 16.2. The first kappa shape index (κ1) is 38.5. The lowest BCUT2D eigenvalue weighted by molar-refractivity contribution is 1.28. The Morgan fingerprint density at radius 3 is 0.766 bits per heavy atom. The first-order chi connectivity index (χ1) is 31.7. The summed E-state index contributed by atoms with van der Waals surface area (Å²) in [7, 11) is 0. The van der Waals surface area contributed by atoms with Crippen LogP contribution in [0.3, 0.4) is 0 Å². The van der Waals surface area contributed by atoms with E-state index in [9.17, 15) is 0 Å². The zero-order chi connectivity index (χ0) is 42.7. The number of hydrogen-bond acceptors (Lipinski definition) is 2. The topological polar surface area (TPSA) is 6.48 Å². The fourth-order valence-corrected chi connectivity index (χ4v) is 9.04. The standard InChI is InChI=1S/C62H44N2/c1-3-17-53(18-4-1)63(57-41-33-51(34-42-57)61-23-11-15-49-13-7-9-21-59(49)61)55-37-29-47(30-38-55)45-25-27-46(28-26-45)48-31-39-56(40-32-48)64(54-19-5-2-6-20-54)58-43-35-52(36-44-58)62-24-12-16-50-14-8-10-22-60(50)62/h1-44H. The highest BCUT2D eigenvalue weighted by molar-refractivity contribution is 5.98. The summed E-state index contributed by atoms with van der Waals surface area (Å²) < 4.78 is 0. The van der Waals surface area contributed by atoms with Crippen LogP contribution in [0.5, 0.6) is 0 Å². The molecule has 0 aliphatic rings. The molecule has 0 fully saturated rings.